The van der Waals surface area contributed by atoms with E-state index in [-0.39, 0.29) is 12.1 Å². The van der Waals surface area contributed by atoms with Gasteiger partial charge in [-0.3, -0.25) is 0 Å². The number of likely N-dealkylation sites (tertiary alicyclic amines) is 1. The molecule has 2 saturated heterocycles. The Morgan fingerprint density at radius 1 is 1.26 bits per heavy atom. The van der Waals surface area contributed by atoms with Crippen molar-refractivity contribution in [3.8, 4) is 0 Å². The molecule has 2 aliphatic heterocycles. The Morgan fingerprint density at radius 2 is 2.09 bits per heavy atom. The zero-order chi connectivity index (χ0) is 15.8. The van der Waals surface area contributed by atoms with Crippen LogP contribution in [-0.2, 0) is 4.74 Å². The van der Waals surface area contributed by atoms with E-state index in [0.717, 1.165) is 45.6 Å². The number of benzene rings is 1. The lowest BCUT2D eigenvalue weighted by molar-refractivity contribution is 0.0783. The van der Waals surface area contributed by atoms with Crippen LogP contribution in [0.4, 0.5) is 10.5 Å². The summed E-state index contributed by atoms with van der Waals surface area (Å²) in [6.45, 7) is 7.31. The highest BCUT2D eigenvalue weighted by Crippen LogP contribution is 2.49. The van der Waals surface area contributed by atoms with E-state index in [9.17, 15) is 4.79 Å². The highest BCUT2D eigenvalue weighted by molar-refractivity contribution is 5.70. The minimum atomic E-state index is -0.156. The normalized spacial score (nSPS) is 26.1. The summed E-state index contributed by atoms with van der Waals surface area (Å²) in [6, 6.07) is 7.08. The highest BCUT2D eigenvalue weighted by Gasteiger charge is 2.41. The number of fused-ring (bicyclic) bond motifs is 5. The molecule has 0 aromatic heterocycles. The average Bonchev–Trinajstić information content (AvgIpc) is 2.88. The van der Waals surface area contributed by atoms with Gasteiger partial charge in [0.05, 0.1) is 12.6 Å². The fraction of sp³-hybridized carbons (Fsp3) is 0.611. The second-order valence-electron chi connectivity index (χ2n) is 6.68. The SMILES string of the molecule is CCOC(=O)N1CCC2C[C@H]1c1cc(N3CCNCC3)ccc12. The second-order valence-corrected chi connectivity index (χ2v) is 6.68. The van der Waals surface area contributed by atoms with Crippen LogP contribution in [0, 0.1) is 0 Å². The number of ether oxygens (including phenoxy) is 1. The standard InChI is InChI=1S/C18H25N3O2/c1-2-23-18(22)21-8-5-13-11-17(21)16-12-14(3-4-15(13)16)20-9-6-19-7-10-20/h3-4,12-13,17,19H,2,5-11H2,1H3/t13?,17-/m0/s1. The van der Waals surface area contributed by atoms with Gasteiger partial charge in [-0.1, -0.05) is 6.07 Å². The first-order valence-electron chi connectivity index (χ1n) is 8.81. The average molecular weight is 315 g/mol. The van der Waals surface area contributed by atoms with Crippen LogP contribution in [0.1, 0.15) is 42.9 Å². The van der Waals surface area contributed by atoms with Crippen molar-refractivity contribution in [2.24, 2.45) is 0 Å². The van der Waals surface area contributed by atoms with E-state index in [2.05, 4.69) is 28.4 Å². The number of nitrogens with zero attached hydrogens (tertiary/aromatic N) is 2. The fourth-order valence-corrected chi connectivity index (χ4v) is 4.31. The molecular formula is C18H25N3O2. The summed E-state index contributed by atoms with van der Waals surface area (Å²) in [5.41, 5.74) is 4.08. The topological polar surface area (TPSA) is 44.8 Å². The van der Waals surface area contributed by atoms with Crippen LogP contribution in [0.5, 0.6) is 0 Å². The van der Waals surface area contributed by atoms with Crippen LogP contribution in [0.25, 0.3) is 0 Å². The molecule has 1 aliphatic carbocycles. The third-order valence-electron chi connectivity index (χ3n) is 5.46. The summed E-state index contributed by atoms with van der Waals surface area (Å²) in [5, 5.41) is 3.40. The summed E-state index contributed by atoms with van der Waals surface area (Å²) in [5.74, 6) is 0.609. The second kappa shape index (κ2) is 6.04. The van der Waals surface area contributed by atoms with Crippen LogP contribution < -0.4 is 10.2 Å². The van der Waals surface area contributed by atoms with Gasteiger partial charge in [-0.25, -0.2) is 4.79 Å². The smallest absolute Gasteiger partial charge is 0.410 e. The number of hydrogen-bond acceptors (Lipinski definition) is 4. The number of rotatable bonds is 2. The highest BCUT2D eigenvalue weighted by atomic mass is 16.6. The Morgan fingerprint density at radius 3 is 2.87 bits per heavy atom. The third kappa shape index (κ3) is 2.57. The molecule has 2 bridgehead atoms. The lowest BCUT2D eigenvalue weighted by Gasteiger charge is -2.33. The molecule has 3 aliphatic rings. The van der Waals surface area contributed by atoms with E-state index in [1.807, 2.05) is 11.8 Å². The van der Waals surface area contributed by atoms with E-state index in [4.69, 9.17) is 4.74 Å². The first-order valence-corrected chi connectivity index (χ1v) is 8.81. The zero-order valence-corrected chi connectivity index (χ0v) is 13.8. The molecule has 5 heteroatoms. The molecular weight excluding hydrogens is 290 g/mol. The first kappa shape index (κ1) is 14.8. The summed E-state index contributed by atoms with van der Waals surface area (Å²) >= 11 is 0. The predicted octanol–water partition coefficient (Wildman–Crippen LogP) is 2.49. The van der Waals surface area contributed by atoms with Crippen LogP contribution in [0.15, 0.2) is 18.2 Å². The van der Waals surface area contributed by atoms with E-state index < -0.39 is 0 Å². The van der Waals surface area contributed by atoms with Crippen molar-refractivity contribution in [1.82, 2.24) is 10.2 Å². The molecule has 1 N–H and O–H groups in total. The van der Waals surface area contributed by atoms with Gasteiger partial charge in [0.1, 0.15) is 0 Å². The van der Waals surface area contributed by atoms with Crippen molar-refractivity contribution < 1.29 is 9.53 Å². The summed E-state index contributed by atoms with van der Waals surface area (Å²) in [7, 11) is 0. The molecule has 0 saturated carbocycles. The van der Waals surface area contributed by atoms with Crippen molar-refractivity contribution in [3.63, 3.8) is 0 Å². The number of piperidine rings is 1. The molecule has 4 rings (SSSR count). The zero-order valence-electron chi connectivity index (χ0n) is 13.8. The molecule has 2 fully saturated rings. The van der Waals surface area contributed by atoms with Crippen molar-refractivity contribution in [1.29, 1.82) is 0 Å². The monoisotopic (exact) mass is 315 g/mol. The number of amides is 1. The van der Waals surface area contributed by atoms with Gasteiger partial charge < -0.3 is 19.9 Å². The van der Waals surface area contributed by atoms with Gasteiger partial charge in [-0.05, 0) is 48.9 Å². The number of hydrogen-bond donors (Lipinski definition) is 1. The Hall–Kier alpha value is -1.75. The number of anilines is 1. The molecule has 0 radical (unpaired) electrons. The predicted molar refractivity (Wildman–Crippen MR) is 90.0 cm³/mol. The fourth-order valence-electron chi connectivity index (χ4n) is 4.31. The van der Waals surface area contributed by atoms with E-state index in [0.29, 0.717) is 12.5 Å². The number of piperazine rings is 1. The van der Waals surface area contributed by atoms with Crippen LogP contribution >= 0.6 is 0 Å². The molecule has 5 nitrogen and oxygen atoms in total. The van der Waals surface area contributed by atoms with E-state index in [1.54, 1.807) is 0 Å². The van der Waals surface area contributed by atoms with Crippen LogP contribution in [-0.4, -0.2) is 50.3 Å². The van der Waals surface area contributed by atoms with Gasteiger partial charge in [0.25, 0.3) is 0 Å². The molecule has 23 heavy (non-hydrogen) atoms. The van der Waals surface area contributed by atoms with Gasteiger partial charge in [-0.15, -0.1) is 0 Å². The molecule has 2 heterocycles. The summed E-state index contributed by atoms with van der Waals surface area (Å²) in [6.07, 6.45) is 1.95. The van der Waals surface area contributed by atoms with Gasteiger partial charge in [0, 0.05) is 38.4 Å². The van der Waals surface area contributed by atoms with Gasteiger partial charge in [0.15, 0.2) is 0 Å². The largest absolute Gasteiger partial charge is 0.450 e. The summed E-state index contributed by atoms with van der Waals surface area (Å²) in [4.78, 5) is 16.6. The molecule has 124 valence electrons. The number of carbonyl (C=O) groups excluding carboxylic acids is 1. The molecule has 1 aromatic rings. The third-order valence-corrected chi connectivity index (χ3v) is 5.46. The number of nitrogens with one attached hydrogen (secondary N) is 1. The van der Waals surface area contributed by atoms with Crippen molar-refractivity contribution >= 4 is 11.8 Å². The molecule has 1 aromatic carbocycles. The maximum atomic E-state index is 12.3. The first-order chi connectivity index (χ1) is 11.3. The lowest BCUT2D eigenvalue weighted by Crippen LogP contribution is -2.43. The van der Waals surface area contributed by atoms with Crippen LogP contribution in [0.2, 0.25) is 0 Å². The lowest BCUT2D eigenvalue weighted by atomic mass is 9.96. The maximum absolute atomic E-state index is 12.3. The van der Waals surface area contributed by atoms with Crippen LogP contribution in [0.3, 0.4) is 0 Å². The van der Waals surface area contributed by atoms with Crippen molar-refractivity contribution in [2.75, 3.05) is 44.2 Å². The van der Waals surface area contributed by atoms with Gasteiger partial charge in [0.2, 0.25) is 0 Å². The Kier molecular flexibility index (Phi) is 3.89. The summed E-state index contributed by atoms with van der Waals surface area (Å²) < 4.78 is 5.26. The minimum Gasteiger partial charge on any atom is -0.450 e. The minimum absolute atomic E-state index is 0.156. The van der Waals surface area contributed by atoms with Crippen molar-refractivity contribution in [3.05, 3.63) is 29.3 Å². The maximum Gasteiger partial charge on any atom is 0.410 e. The Labute approximate surface area is 137 Å². The molecule has 0 spiro atoms. The van der Waals surface area contributed by atoms with E-state index in [1.165, 1.54) is 16.8 Å². The van der Waals surface area contributed by atoms with E-state index >= 15 is 0 Å². The Balaban J connectivity index is 1.63. The number of carbonyl (C=O) groups is 1. The van der Waals surface area contributed by atoms with Gasteiger partial charge >= 0.3 is 6.09 Å². The quantitative estimate of drug-likeness (QED) is 0.911. The Bertz CT molecular complexity index is 598. The molecule has 1 unspecified atom stereocenters. The molecule has 2 atom stereocenters. The molecule has 1 amide bonds. The van der Waals surface area contributed by atoms with Gasteiger partial charge in [-0.2, -0.15) is 0 Å². The van der Waals surface area contributed by atoms with Crippen molar-refractivity contribution in [2.45, 2.75) is 31.7 Å².